The molecule has 0 aromatic heterocycles. The lowest BCUT2D eigenvalue weighted by Crippen LogP contribution is -2.50. The summed E-state index contributed by atoms with van der Waals surface area (Å²) in [6, 6.07) is 15.2. The van der Waals surface area contributed by atoms with E-state index in [-0.39, 0.29) is 11.8 Å². The van der Waals surface area contributed by atoms with E-state index in [2.05, 4.69) is 5.32 Å². The lowest BCUT2D eigenvalue weighted by molar-refractivity contribution is 0.208. The van der Waals surface area contributed by atoms with E-state index in [9.17, 15) is 9.18 Å². The maximum absolute atomic E-state index is 13.8. The zero-order valence-corrected chi connectivity index (χ0v) is 13.1. The van der Waals surface area contributed by atoms with Crippen LogP contribution in [0.1, 0.15) is 5.56 Å². The van der Waals surface area contributed by atoms with Crippen LogP contribution in [-0.4, -0.2) is 37.1 Å². The first-order chi connectivity index (χ1) is 11.7. The van der Waals surface area contributed by atoms with E-state index < -0.39 is 0 Å². The summed E-state index contributed by atoms with van der Waals surface area (Å²) in [4.78, 5) is 15.9. The van der Waals surface area contributed by atoms with Crippen molar-refractivity contribution in [2.24, 2.45) is 0 Å². The normalized spacial score (nSPS) is 14.2. The van der Waals surface area contributed by atoms with Crippen LogP contribution in [0.15, 0.2) is 48.5 Å². The summed E-state index contributed by atoms with van der Waals surface area (Å²) in [5.74, 6) is -0.243. The summed E-state index contributed by atoms with van der Waals surface area (Å²) >= 11 is 0. The molecular formula is C18H17FN4O. The van der Waals surface area contributed by atoms with Crippen molar-refractivity contribution in [3.63, 3.8) is 0 Å². The van der Waals surface area contributed by atoms with Crippen molar-refractivity contribution >= 4 is 17.4 Å². The Labute approximate surface area is 139 Å². The maximum Gasteiger partial charge on any atom is 0.321 e. The van der Waals surface area contributed by atoms with Crippen molar-refractivity contribution in [1.29, 1.82) is 5.26 Å². The van der Waals surface area contributed by atoms with Crippen molar-refractivity contribution in [1.82, 2.24) is 4.90 Å². The van der Waals surface area contributed by atoms with Crippen LogP contribution in [-0.2, 0) is 0 Å². The van der Waals surface area contributed by atoms with Crippen LogP contribution in [0.3, 0.4) is 0 Å². The summed E-state index contributed by atoms with van der Waals surface area (Å²) in [5.41, 5.74) is 1.77. The van der Waals surface area contributed by atoms with Crippen LogP contribution in [0, 0.1) is 17.1 Å². The zero-order chi connectivity index (χ0) is 16.9. The molecule has 0 unspecified atom stereocenters. The van der Waals surface area contributed by atoms with Crippen LogP contribution in [0.2, 0.25) is 0 Å². The number of carbonyl (C=O) groups excluding carboxylic acids is 1. The molecule has 0 atom stereocenters. The number of piperazine rings is 1. The van der Waals surface area contributed by atoms with Gasteiger partial charge in [0.2, 0.25) is 0 Å². The molecule has 24 heavy (non-hydrogen) atoms. The molecule has 1 N–H and O–H groups in total. The molecule has 0 saturated carbocycles. The Morgan fingerprint density at radius 1 is 1.04 bits per heavy atom. The van der Waals surface area contributed by atoms with Gasteiger partial charge in [0.1, 0.15) is 5.82 Å². The predicted molar refractivity (Wildman–Crippen MR) is 90.4 cm³/mol. The Morgan fingerprint density at radius 2 is 1.71 bits per heavy atom. The van der Waals surface area contributed by atoms with Crippen LogP contribution in [0.4, 0.5) is 20.6 Å². The fourth-order valence-electron chi connectivity index (χ4n) is 2.69. The highest BCUT2D eigenvalue weighted by Crippen LogP contribution is 2.20. The second-order valence-corrected chi connectivity index (χ2v) is 5.54. The highest BCUT2D eigenvalue weighted by molar-refractivity contribution is 5.89. The van der Waals surface area contributed by atoms with Crippen molar-refractivity contribution in [2.75, 3.05) is 36.4 Å². The third-order valence-electron chi connectivity index (χ3n) is 4.03. The maximum atomic E-state index is 13.8. The van der Waals surface area contributed by atoms with Gasteiger partial charge < -0.3 is 15.1 Å². The molecule has 1 aliphatic heterocycles. The molecule has 3 rings (SSSR count). The number of rotatable bonds is 2. The van der Waals surface area contributed by atoms with Gasteiger partial charge in [0.15, 0.2) is 0 Å². The Morgan fingerprint density at radius 3 is 2.33 bits per heavy atom. The minimum absolute atomic E-state index is 0.187. The number of hydrogen-bond acceptors (Lipinski definition) is 3. The molecule has 1 fully saturated rings. The summed E-state index contributed by atoms with van der Waals surface area (Å²) in [7, 11) is 0. The predicted octanol–water partition coefficient (Wildman–Crippen LogP) is 3.05. The highest BCUT2D eigenvalue weighted by Gasteiger charge is 2.22. The summed E-state index contributed by atoms with van der Waals surface area (Å²) in [6.07, 6.45) is 0. The number of amides is 2. The fraction of sp³-hybridized carbons (Fsp3) is 0.222. The standard InChI is InChI=1S/C18H17FN4O/c19-16-3-1-2-4-17(16)22-9-11-23(12-10-22)18(24)21-15-7-5-14(13-20)6-8-15/h1-8H,9-12H2,(H,21,24). The molecule has 2 amide bonds. The Bertz CT molecular complexity index is 761. The number of urea groups is 1. The molecule has 6 heteroatoms. The van der Waals surface area contributed by atoms with Crippen LogP contribution in [0.25, 0.3) is 0 Å². The molecule has 2 aromatic carbocycles. The third kappa shape index (κ3) is 3.46. The van der Waals surface area contributed by atoms with Crippen LogP contribution >= 0.6 is 0 Å². The Hall–Kier alpha value is -3.07. The Kier molecular flexibility index (Phi) is 4.62. The smallest absolute Gasteiger partial charge is 0.321 e. The van der Waals surface area contributed by atoms with E-state index in [4.69, 9.17) is 5.26 Å². The first-order valence-corrected chi connectivity index (χ1v) is 7.73. The monoisotopic (exact) mass is 324 g/mol. The summed E-state index contributed by atoms with van der Waals surface area (Å²) in [5, 5.41) is 11.6. The molecule has 1 heterocycles. The quantitative estimate of drug-likeness (QED) is 0.923. The van der Waals surface area contributed by atoms with E-state index in [0.717, 1.165) is 0 Å². The van der Waals surface area contributed by atoms with Crippen LogP contribution in [0.5, 0.6) is 0 Å². The van der Waals surface area contributed by atoms with Gasteiger partial charge in [-0.25, -0.2) is 9.18 Å². The molecule has 122 valence electrons. The van der Waals surface area contributed by atoms with Crippen LogP contribution < -0.4 is 10.2 Å². The molecule has 0 radical (unpaired) electrons. The van der Waals surface area contributed by atoms with Gasteiger partial charge in [0.25, 0.3) is 0 Å². The SMILES string of the molecule is N#Cc1ccc(NC(=O)N2CCN(c3ccccc3F)CC2)cc1. The van der Waals surface area contributed by atoms with E-state index in [1.54, 1.807) is 41.3 Å². The number of nitrogens with zero attached hydrogens (tertiary/aromatic N) is 3. The fourth-order valence-corrected chi connectivity index (χ4v) is 2.69. The van der Waals surface area contributed by atoms with E-state index in [1.807, 2.05) is 17.0 Å². The number of nitriles is 1. The minimum Gasteiger partial charge on any atom is -0.366 e. The number of para-hydroxylation sites is 1. The molecule has 5 nitrogen and oxygen atoms in total. The molecule has 0 spiro atoms. The van der Waals surface area contributed by atoms with Gasteiger partial charge in [-0.3, -0.25) is 0 Å². The molecule has 1 saturated heterocycles. The summed E-state index contributed by atoms with van der Waals surface area (Å²) < 4.78 is 13.8. The highest BCUT2D eigenvalue weighted by atomic mass is 19.1. The molecule has 0 bridgehead atoms. The van der Waals surface area contributed by atoms with Gasteiger partial charge in [-0.05, 0) is 36.4 Å². The topological polar surface area (TPSA) is 59.4 Å². The van der Waals surface area contributed by atoms with Crippen molar-refractivity contribution in [2.45, 2.75) is 0 Å². The first kappa shape index (κ1) is 15.8. The van der Waals surface area contributed by atoms with Gasteiger partial charge in [0.05, 0.1) is 17.3 Å². The third-order valence-corrected chi connectivity index (χ3v) is 4.03. The average Bonchev–Trinajstić information content (AvgIpc) is 2.63. The average molecular weight is 324 g/mol. The number of benzene rings is 2. The number of nitrogens with one attached hydrogen (secondary N) is 1. The van der Waals surface area contributed by atoms with Gasteiger partial charge >= 0.3 is 6.03 Å². The first-order valence-electron chi connectivity index (χ1n) is 7.73. The largest absolute Gasteiger partial charge is 0.366 e. The lowest BCUT2D eigenvalue weighted by atomic mass is 10.2. The summed E-state index contributed by atoms with van der Waals surface area (Å²) in [6.45, 7) is 2.22. The van der Waals surface area contributed by atoms with Gasteiger partial charge in [0, 0.05) is 31.9 Å². The zero-order valence-electron chi connectivity index (χ0n) is 13.1. The second-order valence-electron chi connectivity index (χ2n) is 5.54. The van der Waals surface area contributed by atoms with Crippen molar-refractivity contribution in [3.05, 3.63) is 59.9 Å². The number of anilines is 2. The second kappa shape index (κ2) is 7.01. The molecule has 2 aromatic rings. The minimum atomic E-state index is -0.243. The van der Waals surface area contributed by atoms with Crippen molar-refractivity contribution in [3.8, 4) is 6.07 Å². The van der Waals surface area contributed by atoms with E-state index in [1.165, 1.54) is 6.07 Å². The Balaban J connectivity index is 1.57. The molecule has 0 aliphatic carbocycles. The number of halogens is 1. The van der Waals surface area contributed by atoms with Gasteiger partial charge in [-0.2, -0.15) is 5.26 Å². The lowest BCUT2D eigenvalue weighted by Gasteiger charge is -2.36. The van der Waals surface area contributed by atoms with Crippen molar-refractivity contribution < 1.29 is 9.18 Å². The molecular weight excluding hydrogens is 307 g/mol. The van der Waals surface area contributed by atoms with E-state index >= 15 is 0 Å². The number of carbonyl (C=O) groups is 1. The van der Waals surface area contributed by atoms with Gasteiger partial charge in [-0.15, -0.1) is 0 Å². The van der Waals surface area contributed by atoms with E-state index in [0.29, 0.717) is 43.1 Å². The number of hydrogen-bond donors (Lipinski definition) is 1. The van der Waals surface area contributed by atoms with Gasteiger partial charge in [-0.1, -0.05) is 12.1 Å². The molecule has 1 aliphatic rings.